The fraction of sp³-hybridized carbons (Fsp3) is 0.750. The van der Waals surface area contributed by atoms with E-state index in [1.54, 1.807) is 6.92 Å². The van der Waals surface area contributed by atoms with Crippen LogP contribution in [0.3, 0.4) is 0 Å². The van der Waals surface area contributed by atoms with E-state index in [2.05, 4.69) is 5.32 Å². The molecule has 19 heavy (non-hydrogen) atoms. The number of nitrogens with one attached hydrogen (secondary N) is 1. The molecule has 3 N–H and O–H groups in total. The van der Waals surface area contributed by atoms with Crippen molar-refractivity contribution in [2.75, 3.05) is 32.8 Å². The minimum absolute atomic E-state index is 0.108. The molecule has 0 radical (unpaired) electrons. The Morgan fingerprint density at radius 3 is 2.42 bits per heavy atom. The standard InChI is InChI=1S/C12H23N3O4/c1-4-19-12(18)8-15(7-9(2)3)11(17)6-14-10(16)5-13/h9H,4-8,13H2,1-3H3,(H,14,16). The number of nitrogens with two attached hydrogens (primary N) is 1. The smallest absolute Gasteiger partial charge is 0.325 e. The van der Waals surface area contributed by atoms with Crippen molar-refractivity contribution in [1.82, 2.24) is 10.2 Å². The topological polar surface area (TPSA) is 102 Å². The van der Waals surface area contributed by atoms with E-state index in [1.807, 2.05) is 13.8 Å². The zero-order valence-corrected chi connectivity index (χ0v) is 11.8. The van der Waals surface area contributed by atoms with Gasteiger partial charge in [-0.25, -0.2) is 0 Å². The molecule has 0 bridgehead atoms. The summed E-state index contributed by atoms with van der Waals surface area (Å²) in [6, 6.07) is 0. The Hall–Kier alpha value is -1.63. The van der Waals surface area contributed by atoms with Crippen LogP contribution in [0.15, 0.2) is 0 Å². The van der Waals surface area contributed by atoms with Crippen molar-refractivity contribution in [2.45, 2.75) is 20.8 Å². The third-order valence-electron chi connectivity index (χ3n) is 2.19. The molecule has 7 nitrogen and oxygen atoms in total. The Morgan fingerprint density at radius 2 is 1.95 bits per heavy atom. The van der Waals surface area contributed by atoms with E-state index < -0.39 is 11.9 Å². The molecule has 0 aliphatic rings. The third kappa shape index (κ3) is 8.15. The quantitative estimate of drug-likeness (QED) is 0.559. The maximum absolute atomic E-state index is 11.9. The van der Waals surface area contributed by atoms with E-state index in [-0.39, 0.29) is 38.1 Å². The number of rotatable bonds is 8. The molecule has 0 fully saturated rings. The first-order valence-corrected chi connectivity index (χ1v) is 6.30. The first-order valence-electron chi connectivity index (χ1n) is 6.30. The van der Waals surface area contributed by atoms with Crippen molar-refractivity contribution >= 4 is 17.8 Å². The summed E-state index contributed by atoms with van der Waals surface area (Å²) in [5.41, 5.74) is 5.12. The van der Waals surface area contributed by atoms with Gasteiger partial charge in [-0.05, 0) is 12.8 Å². The van der Waals surface area contributed by atoms with Crippen LogP contribution in [-0.2, 0) is 19.1 Å². The first kappa shape index (κ1) is 17.4. The molecule has 0 aliphatic heterocycles. The molecule has 0 aromatic carbocycles. The van der Waals surface area contributed by atoms with Crippen LogP contribution in [0.1, 0.15) is 20.8 Å². The van der Waals surface area contributed by atoms with Crippen LogP contribution in [0.2, 0.25) is 0 Å². The zero-order chi connectivity index (χ0) is 14.8. The molecule has 0 aliphatic carbocycles. The molecular formula is C12H23N3O4. The average Bonchev–Trinajstić information content (AvgIpc) is 2.34. The molecule has 0 atom stereocenters. The van der Waals surface area contributed by atoms with Crippen molar-refractivity contribution in [3.63, 3.8) is 0 Å². The van der Waals surface area contributed by atoms with Crippen LogP contribution < -0.4 is 11.1 Å². The Bertz CT molecular complexity index is 318. The summed E-state index contributed by atoms with van der Waals surface area (Å²) < 4.78 is 4.81. The molecule has 7 heteroatoms. The van der Waals surface area contributed by atoms with Crippen LogP contribution in [-0.4, -0.2) is 55.5 Å². The lowest BCUT2D eigenvalue weighted by atomic mass is 10.2. The monoisotopic (exact) mass is 273 g/mol. The predicted octanol–water partition coefficient (Wildman–Crippen LogP) is -0.891. The molecule has 0 heterocycles. The lowest BCUT2D eigenvalue weighted by molar-refractivity contribution is -0.149. The number of hydrogen-bond donors (Lipinski definition) is 2. The Morgan fingerprint density at radius 1 is 1.32 bits per heavy atom. The van der Waals surface area contributed by atoms with Gasteiger partial charge in [0.05, 0.1) is 19.7 Å². The van der Waals surface area contributed by atoms with Gasteiger partial charge in [0.15, 0.2) is 0 Å². The van der Waals surface area contributed by atoms with Crippen LogP contribution in [0.4, 0.5) is 0 Å². The lowest BCUT2D eigenvalue weighted by Crippen LogP contribution is -2.45. The Labute approximate surface area is 113 Å². The first-order chi connectivity index (χ1) is 8.90. The normalized spacial score (nSPS) is 10.2. The molecule has 110 valence electrons. The van der Waals surface area contributed by atoms with Gasteiger partial charge >= 0.3 is 5.97 Å². The van der Waals surface area contributed by atoms with Gasteiger partial charge in [0.2, 0.25) is 11.8 Å². The molecule has 0 spiro atoms. The van der Waals surface area contributed by atoms with Crippen LogP contribution in [0, 0.1) is 5.92 Å². The van der Waals surface area contributed by atoms with Gasteiger partial charge in [-0.1, -0.05) is 13.8 Å². The van der Waals surface area contributed by atoms with Gasteiger partial charge in [-0.3, -0.25) is 14.4 Å². The number of hydrogen-bond acceptors (Lipinski definition) is 5. The second kappa shape index (κ2) is 9.32. The lowest BCUT2D eigenvalue weighted by Gasteiger charge is -2.23. The van der Waals surface area contributed by atoms with Crippen molar-refractivity contribution < 1.29 is 19.1 Å². The number of esters is 1. The fourth-order valence-electron chi connectivity index (χ4n) is 1.42. The summed E-state index contributed by atoms with van der Waals surface area (Å²) in [7, 11) is 0. The maximum atomic E-state index is 11.9. The molecule has 0 saturated heterocycles. The Kier molecular flexibility index (Phi) is 8.52. The SMILES string of the molecule is CCOC(=O)CN(CC(C)C)C(=O)CNC(=O)CN. The molecule has 0 saturated carbocycles. The average molecular weight is 273 g/mol. The fourth-order valence-corrected chi connectivity index (χ4v) is 1.42. The Balaban J connectivity index is 4.42. The van der Waals surface area contributed by atoms with E-state index in [4.69, 9.17) is 10.5 Å². The summed E-state index contributed by atoms with van der Waals surface area (Å²) >= 11 is 0. The van der Waals surface area contributed by atoms with E-state index in [0.717, 1.165) is 0 Å². The van der Waals surface area contributed by atoms with Crippen molar-refractivity contribution in [3.8, 4) is 0 Å². The minimum atomic E-state index is -0.457. The van der Waals surface area contributed by atoms with Crippen molar-refractivity contribution in [3.05, 3.63) is 0 Å². The maximum Gasteiger partial charge on any atom is 0.325 e. The summed E-state index contributed by atoms with van der Waals surface area (Å²) in [6.07, 6.45) is 0. The summed E-state index contributed by atoms with van der Waals surface area (Å²) in [6.45, 7) is 5.82. The predicted molar refractivity (Wildman–Crippen MR) is 70.1 cm³/mol. The van der Waals surface area contributed by atoms with Gasteiger partial charge in [0, 0.05) is 6.54 Å². The van der Waals surface area contributed by atoms with Gasteiger partial charge in [0.25, 0.3) is 0 Å². The van der Waals surface area contributed by atoms with Crippen molar-refractivity contribution in [1.29, 1.82) is 0 Å². The van der Waals surface area contributed by atoms with Gasteiger partial charge in [0.1, 0.15) is 6.54 Å². The summed E-state index contributed by atoms with van der Waals surface area (Å²) in [4.78, 5) is 35.7. The highest BCUT2D eigenvalue weighted by molar-refractivity contribution is 5.87. The summed E-state index contributed by atoms with van der Waals surface area (Å²) in [5, 5.41) is 2.38. The third-order valence-corrected chi connectivity index (χ3v) is 2.19. The highest BCUT2D eigenvalue weighted by Crippen LogP contribution is 2.00. The highest BCUT2D eigenvalue weighted by atomic mass is 16.5. The number of carbonyl (C=O) groups excluding carboxylic acids is 3. The van der Waals surface area contributed by atoms with Crippen molar-refractivity contribution in [2.24, 2.45) is 11.7 Å². The van der Waals surface area contributed by atoms with E-state index in [0.29, 0.717) is 6.54 Å². The second-order valence-corrected chi connectivity index (χ2v) is 4.45. The number of carbonyl (C=O) groups is 3. The van der Waals surface area contributed by atoms with E-state index in [9.17, 15) is 14.4 Å². The molecule has 0 aromatic rings. The molecule has 0 aromatic heterocycles. The van der Waals surface area contributed by atoms with Crippen LogP contribution in [0.25, 0.3) is 0 Å². The zero-order valence-electron chi connectivity index (χ0n) is 11.8. The summed E-state index contributed by atoms with van der Waals surface area (Å²) in [5.74, 6) is -0.984. The van der Waals surface area contributed by atoms with Gasteiger partial charge in [-0.15, -0.1) is 0 Å². The molecule has 2 amide bonds. The molecule has 0 unspecified atom stereocenters. The number of ether oxygens (including phenoxy) is 1. The van der Waals surface area contributed by atoms with Gasteiger partial charge < -0.3 is 20.7 Å². The largest absolute Gasteiger partial charge is 0.465 e. The van der Waals surface area contributed by atoms with Crippen LogP contribution >= 0.6 is 0 Å². The number of amides is 2. The minimum Gasteiger partial charge on any atom is -0.465 e. The number of nitrogens with zero attached hydrogens (tertiary/aromatic N) is 1. The highest BCUT2D eigenvalue weighted by Gasteiger charge is 2.19. The van der Waals surface area contributed by atoms with Crippen LogP contribution in [0.5, 0.6) is 0 Å². The van der Waals surface area contributed by atoms with E-state index >= 15 is 0 Å². The molecule has 0 rings (SSSR count). The van der Waals surface area contributed by atoms with Gasteiger partial charge in [-0.2, -0.15) is 0 Å². The van der Waals surface area contributed by atoms with E-state index in [1.165, 1.54) is 4.90 Å². The molecular weight excluding hydrogens is 250 g/mol. The second-order valence-electron chi connectivity index (χ2n) is 4.45.